The van der Waals surface area contributed by atoms with Crippen molar-refractivity contribution in [1.82, 2.24) is 5.32 Å². The van der Waals surface area contributed by atoms with Crippen LogP contribution in [0.2, 0.25) is 5.02 Å². The second-order valence-corrected chi connectivity index (χ2v) is 8.21. The number of aryl methyl sites for hydroxylation is 1. The van der Waals surface area contributed by atoms with E-state index in [0.29, 0.717) is 22.7 Å². The molecule has 2 aromatic carbocycles. The molecule has 2 rings (SSSR count). The third kappa shape index (κ3) is 5.44. The van der Waals surface area contributed by atoms with Gasteiger partial charge in [0.05, 0.1) is 11.9 Å². The van der Waals surface area contributed by atoms with Crippen LogP contribution in [0.3, 0.4) is 0 Å². The molecule has 8 heteroatoms. The zero-order valence-electron chi connectivity index (χ0n) is 14.5. The minimum absolute atomic E-state index is 0.200. The van der Waals surface area contributed by atoms with Crippen LogP contribution in [0.15, 0.2) is 42.5 Å². The Hall–Kier alpha value is -2.12. The first-order valence-corrected chi connectivity index (χ1v) is 10.1. The van der Waals surface area contributed by atoms with E-state index >= 15 is 0 Å². The number of rotatable bonds is 7. The number of nitrogens with zero attached hydrogens (tertiary/aromatic N) is 1. The standard InChI is InChI=1S/C18H20ClFN2O3S/c1-13-7-8-15(11-16(13)19)22(26(2,24)25)12-18(23)21-10-9-14-5-3-4-6-17(14)20/h3-8,11H,9-10,12H2,1-2H3,(H,21,23). The molecule has 0 heterocycles. The highest BCUT2D eigenvalue weighted by Gasteiger charge is 2.21. The summed E-state index contributed by atoms with van der Waals surface area (Å²) in [7, 11) is -3.67. The molecule has 2 aromatic rings. The predicted octanol–water partition coefficient (Wildman–Crippen LogP) is 2.91. The summed E-state index contributed by atoms with van der Waals surface area (Å²) >= 11 is 6.05. The second-order valence-electron chi connectivity index (χ2n) is 5.89. The molecule has 0 unspecified atom stereocenters. The lowest BCUT2D eigenvalue weighted by atomic mass is 10.1. The van der Waals surface area contributed by atoms with Crippen molar-refractivity contribution < 1.29 is 17.6 Å². The largest absolute Gasteiger partial charge is 0.354 e. The van der Waals surface area contributed by atoms with E-state index in [1.165, 1.54) is 12.1 Å². The lowest BCUT2D eigenvalue weighted by Crippen LogP contribution is -2.41. The van der Waals surface area contributed by atoms with Crippen LogP contribution >= 0.6 is 11.6 Å². The summed E-state index contributed by atoms with van der Waals surface area (Å²) in [5, 5.41) is 3.03. The Morgan fingerprint density at radius 3 is 2.54 bits per heavy atom. The molecule has 0 atom stereocenters. The highest BCUT2D eigenvalue weighted by molar-refractivity contribution is 7.92. The van der Waals surface area contributed by atoms with E-state index in [1.807, 2.05) is 0 Å². The van der Waals surface area contributed by atoms with Crippen LogP contribution in [0.4, 0.5) is 10.1 Å². The number of carbonyl (C=O) groups is 1. The summed E-state index contributed by atoms with van der Waals surface area (Å²) in [5.74, 6) is -0.822. The van der Waals surface area contributed by atoms with Gasteiger partial charge in [0.2, 0.25) is 15.9 Å². The van der Waals surface area contributed by atoms with E-state index in [4.69, 9.17) is 11.6 Å². The van der Waals surface area contributed by atoms with Gasteiger partial charge in [-0.2, -0.15) is 0 Å². The van der Waals surface area contributed by atoms with E-state index in [2.05, 4.69) is 5.32 Å². The third-order valence-electron chi connectivity index (χ3n) is 3.81. The van der Waals surface area contributed by atoms with Crippen molar-refractivity contribution in [3.8, 4) is 0 Å². The first-order valence-electron chi connectivity index (χ1n) is 7.92. The number of sulfonamides is 1. The summed E-state index contributed by atoms with van der Waals surface area (Å²) in [4.78, 5) is 12.2. The van der Waals surface area contributed by atoms with Crippen molar-refractivity contribution in [1.29, 1.82) is 0 Å². The topological polar surface area (TPSA) is 66.5 Å². The lowest BCUT2D eigenvalue weighted by molar-refractivity contribution is -0.119. The summed E-state index contributed by atoms with van der Waals surface area (Å²) in [6.45, 7) is 1.62. The van der Waals surface area contributed by atoms with Crippen LogP contribution in [-0.2, 0) is 21.2 Å². The third-order valence-corrected chi connectivity index (χ3v) is 5.35. The molecule has 0 fully saturated rings. The number of carbonyl (C=O) groups excluding carboxylic acids is 1. The number of anilines is 1. The van der Waals surface area contributed by atoms with Crippen LogP contribution in [0.25, 0.3) is 0 Å². The number of hydrogen-bond acceptors (Lipinski definition) is 3. The van der Waals surface area contributed by atoms with E-state index in [-0.39, 0.29) is 18.9 Å². The Balaban J connectivity index is 2.03. The molecule has 0 saturated carbocycles. The Labute approximate surface area is 157 Å². The summed E-state index contributed by atoms with van der Waals surface area (Å²) in [5.41, 5.74) is 1.60. The minimum Gasteiger partial charge on any atom is -0.354 e. The maximum atomic E-state index is 13.6. The second kappa shape index (κ2) is 8.51. The Morgan fingerprint density at radius 2 is 1.92 bits per heavy atom. The smallest absolute Gasteiger partial charge is 0.240 e. The van der Waals surface area contributed by atoms with Gasteiger partial charge in [0.15, 0.2) is 0 Å². The highest BCUT2D eigenvalue weighted by Crippen LogP contribution is 2.24. The first kappa shape index (κ1) is 20.2. The molecule has 26 heavy (non-hydrogen) atoms. The zero-order valence-corrected chi connectivity index (χ0v) is 16.1. The molecule has 0 aliphatic carbocycles. The fraction of sp³-hybridized carbons (Fsp3) is 0.278. The molecule has 0 aliphatic heterocycles. The summed E-state index contributed by atoms with van der Waals surface area (Å²) in [6.07, 6.45) is 1.33. The number of nitrogens with one attached hydrogen (secondary N) is 1. The van der Waals surface area contributed by atoms with Gasteiger partial charge in [0.25, 0.3) is 0 Å². The molecule has 0 radical (unpaired) electrons. The minimum atomic E-state index is -3.67. The van der Waals surface area contributed by atoms with Gasteiger partial charge in [0.1, 0.15) is 12.4 Å². The van der Waals surface area contributed by atoms with Crippen molar-refractivity contribution in [2.45, 2.75) is 13.3 Å². The first-order chi connectivity index (χ1) is 12.2. The molecular weight excluding hydrogens is 379 g/mol. The lowest BCUT2D eigenvalue weighted by Gasteiger charge is -2.22. The van der Waals surface area contributed by atoms with Gasteiger partial charge in [0, 0.05) is 11.6 Å². The number of amides is 1. The fourth-order valence-electron chi connectivity index (χ4n) is 2.36. The number of halogens is 2. The molecule has 140 valence electrons. The summed E-state index contributed by atoms with van der Waals surface area (Å²) in [6, 6.07) is 11.1. The molecule has 1 amide bonds. The monoisotopic (exact) mass is 398 g/mol. The number of benzene rings is 2. The molecule has 0 bridgehead atoms. The van der Waals surface area contributed by atoms with E-state index in [1.54, 1.807) is 37.3 Å². The Morgan fingerprint density at radius 1 is 1.23 bits per heavy atom. The number of hydrogen-bond donors (Lipinski definition) is 1. The molecule has 5 nitrogen and oxygen atoms in total. The van der Waals surface area contributed by atoms with Crippen molar-refractivity contribution in [2.24, 2.45) is 0 Å². The molecular formula is C18H20ClFN2O3S. The van der Waals surface area contributed by atoms with E-state index < -0.39 is 15.9 Å². The van der Waals surface area contributed by atoms with Crippen molar-refractivity contribution >= 4 is 33.2 Å². The van der Waals surface area contributed by atoms with Crippen LogP contribution < -0.4 is 9.62 Å². The average Bonchev–Trinajstić information content (AvgIpc) is 2.56. The van der Waals surface area contributed by atoms with Crippen molar-refractivity contribution in [2.75, 3.05) is 23.7 Å². The average molecular weight is 399 g/mol. The molecule has 1 N–H and O–H groups in total. The van der Waals surface area contributed by atoms with Gasteiger partial charge in [-0.15, -0.1) is 0 Å². The van der Waals surface area contributed by atoms with Crippen LogP contribution in [-0.4, -0.2) is 33.7 Å². The van der Waals surface area contributed by atoms with Gasteiger partial charge in [-0.3, -0.25) is 9.10 Å². The van der Waals surface area contributed by atoms with Gasteiger partial charge in [-0.1, -0.05) is 35.9 Å². The molecule has 0 aromatic heterocycles. The maximum Gasteiger partial charge on any atom is 0.240 e. The van der Waals surface area contributed by atoms with Crippen molar-refractivity contribution in [3.63, 3.8) is 0 Å². The summed E-state index contributed by atoms with van der Waals surface area (Å²) < 4.78 is 38.7. The van der Waals surface area contributed by atoms with Crippen LogP contribution in [0.1, 0.15) is 11.1 Å². The molecule has 0 aliphatic rings. The van der Waals surface area contributed by atoms with Gasteiger partial charge in [-0.25, -0.2) is 12.8 Å². The van der Waals surface area contributed by atoms with E-state index in [0.717, 1.165) is 16.1 Å². The Kier molecular flexibility index (Phi) is 6.61. The van der Waals surface area contributed by atoms with Crippen molar-refractivity contribution in [3.05, 3.63) is 64.4 Å². The van der Waals surface area contributed by atoms with Crippen LogP contribution in [0.5, 0.6) is 0 Å². The van der Waals surface area contributed by atoms with Gasteiger partial charge < -0.3 is 5.32 Å². The normalized spacial score (nSPS) is 11.2. The maximum absolute atomic E-state index is 13.6. The van der Waals surface area contributed by atoms with Gasteiger partial charge >= 0.3 is 0 Å². The Bertz CT molecular complexity index is 903. The van der Waals surface area contributed by atoms with Gasteiger partial charge in [-0.05, 0) is 42.7 Å². The van der Waals surface area contributed by atoms with Crippen LogP contribution in [0, 0.1) is 12.7 Å². The predicted molar refractivity (Wildman–Crippen MR) is 101 cm³/mol. The SMILES string of the molecule is Cc1ccc(N(CC(=O)NCCc2ccccc2F)S(C)(=O)=O)cc1Cl. The molecule has 0 saturated heterocycles. The zero-order chi connectivity index (χ0) is 19.3. The molecule has 0 spiro atoms. The quantitative estimate of drug-likeness (QED) is 0.779. The fourth-order valence-corrected chi connectivity index (χ4v) is 3.38. The van der Waals surface area contributed by atoms with E-state index in [9.17, 15) is 17.6 Å². The highest BCUT2D eigenvalue weighted by atomic mass is 35.5.